The van der Waals surface area contributed by atoms with Crippen LogP contribution in [0.15, 0.2) is 47.2 Å². The second kappa shape index (κ2) is 9.08. The normalized spacial score (nSPS) is 17.7. The maximum absolute atomic E-state index is 13.7. The molecule has 3 heterocycles. The van der Waals surface area contributed by atoms with Gasteiger partial charge < -0.3 is 24.5 Å². The Bertz CT molecular complexity index is 1110. The number of carbonyl (C=O) groups excluding carboxylic acids is 1. The van der Waals surface area contributed by atoms with Crippen molar-refractivity contribution in [2.45, 2.75) is 31.1 Å². The quantitative estimate of drug-likeness (QED) is 0.547. The summed E-state index contributed by atoms with van der Waals surface area (Å²) in [6.45, 7) is 0.267. The second-order valence-electron chi connectivity index (χ2n) is 7.55. The average molecular weight is 464 g/mol. The number of methoxy groups -OCH3 is 2. The lowest BCUT2D eigenvalue weighted by Crippen LogP contribution is -2.36. The standard InChI is InChI=1S/C22H23F3N4O4/c1-31-17-6-5-13(10-18(17)32-2)7-8-26-21(30)14-12-27-29-19(22(23,24)25)11-15(28-20(14)29)16-4-3-9-33-16/h3-6,9-10,12,15,19,28H,7-8,11H2,1-2H3,(H,26,30)/t15-,19+/m0/s1. The maximum Gasteiger partial charge on any atom is 0.410 e. The Kier molecular flexibility index (Phi) is 6.21. The summed E-state index contributed by atoms with van der Waals surface area (Å²) in [6, 6.07) is 5.99. The Balaban J connectivity index is 1.49. The third-order valence-corrected chi connectivity index (χ3v) is 5.52. The number of benzene rings is 1. The molecular formula is C22H23F3N4O4. The van der Waals surface area contributed by atoms with Gasteiger partial charge in [-0.15, -0.1) is 0 Å². The predicted molar refractivity (Wildman–Crippen MR) is 113 cm³/mol. The van der Waals surface area contributed by atoms with Gasteiger partial charge in [0.1, 0.15) is 17.1 Å². The number of hydrogen-bond donors (Lipinski definition) is 2. The van der Waals surface area contributed by atoms with Gasteiger partial charge in [0.25, 0.3) is 5.91 Å². The fraction of sp³-hybridized carbons (Fsp3) is 0.364. The van der Waals surface area contributed by atoms with Gasteiger partial charge in [-0.25, -0.2) is 4.68 Å². The van der Waals surface area contributed by atoms with E-state index in [1.54, 1.807) is 24.3 Å². The molecule has 1 aliphatic rings. The van der Waals surface area contributed by atoms with Crippen LogP contribution in [0, 0.1) is 0 Å². The van der Waals surface area contributed by atoms with E-state index >= 15 is 0 Å². The highest BCUT2D eigenvalue weighted by atomic mass is 19.4. The van der Waals surface area contributed by atoms with Gasteiger partial charge in [0.05, 0.1) is 32.7 Å². The van der Waals surface area contributed by atoms with Crippen LogP contribution in [0.25, 0.3) is 0 Å². The van der Waals surface area contributed by atoms with Crippen LogP contribution in [0.5, 0.6) is 11.5 Å². The molecular weight excluding hydrogens is 441 g/mol. The predicted octanol–water partition coefficient (Wildman–Crippen LogP) is 4.13. The van der Waals surface area contributed by atoms with Gasteiger partial charge in [0.2, 0.25) is 0 Å². The summed E-state index contributed by atoms with van der Waals surface area (Å²) in [5.41, 5.74) is 0.936. The molecule has 0 bridgehead atoms. The van der Waals surface area contributed by atoms with Gasteiger partial charge in [0, 0.05) is 13.0 Å². The van der Waals surface area contributed by atoms with Crippen LogP contribution < -0.4 is 20.1 Å². The van der Waals surface area contributed by atoms with Crippen molar-refractivity contribution < 1.29 is 31.9 Å². The lowest BCUT2D eigenvalue weighted by molar-refractivity contribution is -0.174. The highest BCUT2D eigenvalue weighted by molar-refractivity contribution is 5.98. The van der Waals surface area contributed by atoms with E-state index in [9.17, 15) is 18.0 Å². The number of rotatable bonds is 7. The number of furan rings is 1. The molecule has 11 heteroatoms. The molecule has 4 rings (SSSR count). The minimum absolute atomic E-state index is 0.00796. The average Bonchev–Trinajstić information content (AvgIpc) is 3.47. The summed E-state index contributed by atoms with van der Waals surface area (Å²) in [4.78, 5) is 12.8. The van der Waals surface area contributed by atoms with Crippen molar-refractivity contribution in [1.29, 1.82) is 0 Å². The van der Waals surface area contributed by atoms with Gasteiger partial charge in [-0.3, -0.25) is 4.79 Å². The highest BCUT2D eigenvalue weighted by Crippen LogP contribution is 2.44. The number of anilines is 1. The third kappa shape index (κ3) is 4.62. The molecule has 1 amide bonds. The van der Waals surface area contributed by atoms with Crippen molar-refractivity contribution in [3.63, 3.8) is 0 Å². The summed E-state index contributed by atoms with van der Waals surface area (Å²) >= 11 is 0. The van der Waals surface area contributed by atoms with Crippen molar-refractivity contribution >= 4 is 11.7 Å². The summed E-state index contributed by atoms with van der Waals surface area (Å²) in [6.07, 6.45) is -1.80. The van der Waals surface area contributed by atoms with Crippen molar-refractivity contribution in [3.05, 3.63) is 59.7 Å². The molecule has 0 spiro atoms. The number of amides is 1. The van der Waals surface area contributed by atoms with Crippen LogP contribution in [0.3, 0.4) is 0 Å². The largest absolute Gasteiger partial charge is 0.493 e. The number of nitrogens with one attached hydrogen (secondary N) is 2. The SMILES string of the molecule is COc1ccc(CCNC(=O)c2cnn3c2N[C@H](c2ccco2)C[C@@H]3C(F)(F)F)cc1OC. The van der Waals surface area contributed by atoms with Crippen molar-refractivity contribution in [3.8, 4) is 11.5 Å². The van der Waals surface area contributed by atoms with Gasteiger partial charge in [-0.1, -0.05) is 6.07 Å². The molecule has 1 aromatic carbocycles. The van der Waals surface area contributed by atoms with E-state index in [1.807, 2.05) is 6.07 Å². The first-order valence-corrected chi connectivity index (χ1v) is 10.2. The number of fused-ring (bicyclic) bond motifs is 1. The number of hydrogen-bond acceptors (Lipinski definition) is 6. The minimum Gasteiger partial charge on any atom is -0.493 e. The summed E-state index contributed by atoms with van der Waals surface area (Å²) in [7, 11) is 3.07. The number of aromatic nitrogens is 2. The maximum atomic E-state index is 13.7. The Morgan fingerprint density at radius 3 is 2.73 bits per heavy atom. The number of alkyl halides is 3. The Morgan fingerprint density at radius 2 is 2.06 bits per heavy atom. The van der Waals surface area contributed by atoms with E-state index < -0.39 is 24.2 Å². The molecule has 0 saturated heterocycles. The zero-order valence-electron chi connectivity index (χ0n) is 18.0. The molecule has 1 aliphatic heterocycles. The Hall–Kier alpha value is -3.63. The van der Waals surface area contributed by atoms with Crippen LogP contribution in [0.2, 0.25) is 0 Å². The summed E-state index contributed by atoms with van der Waals surface area (Å²) in [5.74, 6) is 1.00. The Labute approximate surface area is 187 Å². The van der Waals surface area contributed by atoms with E-state index in [0.717, 1.165) is 16.4 Å². The van der Waals surface area contributed by atoms with Gasteiger partial charge >= 0.3 is 6.18 Å². The fourth-order valence-electron chi connectivity index (χ4n) is 3.86. The molecule has 3 aromatic rings. The number of ether oxygens (including phenoxy) is 2. The number of halogens is 3. The molecule has 2 N–H and O–H groups in total. The van der Waals surface area contributed by atoms with Gasteiger partial charge in [-0.2, -0.15) is 18.3 Å². The molecule has 2 atom stereocenters. The van der Waals surface area contributed by atoms with Crippen LogP contribution in [0.1, 0.15) is 40.2 Å². The smallest absolute Gasteiger partial charge is 0.410 e. The first-order valence-electron chi connectivity index (χ1n) is 10.2. The lowest BCUT2D eigenvalue weighted by Gasteiger charge is -2.32. The van der Waals surface area contributed by atoms with Crippen molar-refractivity contribution in [2.24, 2.45) is 0 Å². The zero-order valence-corrected chi connectivity index (χ0v) is 18.0. The topological polar surface area (TPSA) is 90.5 Å². The first kappa shape index (κ1) is 22.6. The molecule has 176 valence electrons. The molecule has 0 saturated carbocycles. The Morgan fingerprint density at radius 1 is 1.27 bits per heavy atom. The number of nitrogens with zero attached hydrogens (tertiary/aromatic N) is 2. The monoisotopic (exact) mass is 464 g/mol. The van der Waals surface area contributed by atoms with E-state index in [0.29, 0.717) is 23.7 Å². The van der Waals surface area contributed by atoms with Crippen LogP contribution in [0.4, 0.5) is 19.0 Å². The minimum atomic E-state index is -4.53. The van der Waals surface area contributed by atoms with E-state index in [1.165, 1.54) is 20.5 Å². The molecule has 0 aliphatic carbocycles. The molecule has 0 fully saturated rings. The van der Waals surface area contributed by atoms with E-state index in [4.69, 9.17) is 13.9 Å². The molecule has 2 aromatic heterocycles. The number of carbonyl (C=O) groups is 1. The molecule has 0 unspecified atom stereocenters. The van der Waals surface area contributed by atoms with Crippen molar-refractivity contribution in [1.82, 2.24) is 15.1 Å². The summed E-state index contributed by atoms with van der Waals surface area (Å²) in [5, 5.41) is 9.59. The van der Waals surface area contributed by atoms with Gasteiger partial charge in [0.15, 0.2) is 17.5 Å². The van der Waals surface area contributed by atoms with Crippen LogP contribution >= 0.6 is 0 Å². The summed E-state index contributed by atoms with van der Waals surface area (Å²) < 4.78 is 57.7. The molecule has 8 nitrogen and oxygen atoms in total. The van der Waals surface area contributed by atoms with E-state index in [-0.39, 0.29) is 24.3 Å². The lowest BCUT2D eigenvalue weighted by atomic mass is 10.0. The van der Waals surface area contributed by atoms with E-state index in [2.05, 4.69) is 15.7 Å². The second-order valence-corrected chi connectivity index (χ2v) is 7.55. The highest BCUT2D eigenvalue weighted by Gasteiger charge is 2.47. The zero-order chi connectivity index (χ0) is 23.6. The van der Waals surface area contributed by atoms with Crippen LogP contribution in [-0.2, 0) is 6.42 Å². The fourth-order valence-corrected chi connectivity index (χ4v) is 3.86. The molecule has 33 heavy (non-hydrogen) atoms. The molecule has 0 radical (unpaired) electrons. The van der Waals surface area contributed by atoms with Crippen molar-refractivity contribution in [2.75, 3.05) is 26.1 Å². The third-order valence-electron chi connectivity index (χ3n) is 5.52. The van der Waals surface area contributed by atoms with Crippen LogP contribution in [-0.4, -0.2) is 42.6 Å². The first-order chi connectivity index (χ1) is 15.8. The van der Waals surface area contributed by atoms with Gasteiger partial charge in [-0.05, 0) is 36.2 Å².